The molecule has 1 fully saturated rings. The average molecular weight is 361 g/mol. The highest BCUT2D eigenvalue weighted by Crippen LogP contribution is 2.25. The predicted molar refractivity (Wildman–Crippen MR) is 93.5 cm³/mol. The predicted octanol–water partition coefficient (Wildman–Crippen LogP) is 2.60. The number of amides is 1. The first-order valence-electron chi connectivity index (χ1n) is 7.89. The van der Waals surface area contributed by atoms with Gasteiger partial charge in [-0.15, -0.1) is 0 Å². The second-order valence-corrected chi connectivity index (χ2v) is 6.28. The highest BCUT2D eigenvalue weighted by Gasteiger charge is 2.27. The van der Waals surface area contributed by atoms with Gasteiger partial charge in [0, 0.05) is 56.2 Å². The minimum absolute atomic E-state index is 0.0805. The van der Waals surface area contributed by atoms with Gasteiger partial charge in [0.25, 0.3) is 11.6 Å². The second-order valence-electron chi connectivity index (χ2n) is 5.84. The molecule has 1 aliphatic rings. The maximum absolute atomic E-state index is 12.7. The standard InChI is InChI=1S/C17H17ClN4O3/c18-14-1-2-15(16(11-14)22(24)25)17(23)21-9-7-20(8-10-21)12-13-3-5-19-6-4-13/h1-6,11H,7-10,12H2. The largest absolute Gasteiger partial charge is 0.336 e. The van der Waals surface area contributed by atoms with Gasteiger partial charge in [-0.1, -0.05) is 11.6 Å². The summed E-state index contributed by atoms with van der Waals surface area (Å²) in [6, 6.07) is 8.07. The van der Waals surface area contributed by atoms with E-state index in [2.05, 4.69) is 9.88 Å². The number of hydrogen-bond donors (Lipinski definition) is 0. The fraction of sp³-hybridized carbons (Fsp3) is 0.294. The molecule has 3 rings (SSSR count). The Bertz CT molecular complexity index is 777. The molecule has 130 valence electrons. The number of carbonyl (C=O) groups excluding carboxylic acids is 1. The summed E-state index contributed by atoms with van der Waals surface area (Å²) in [6.45, 7) is 3.30. The van der Waals surface area contributed by atoms with Crippen LogP contribution in [0.5, 0.6) is 0 Å². The Kier molecular flexibility index (Phi) is 5.25. The van der Waals surface area contributed by atoms with Gasteiger partial charge in [0.2, 0.25) is 0 Å². The van der Waals surface area contributed by atoms with E-state index in [9.17, 15) is 14.9 Å². The van der Waals surface area contributed by atoms with Gasteiger partial charge in [0.15, 0.2) is 0 Å². The number of nitro groups is 1. The van der Waals surface area contributed by atoms with E-state index in [-0.39, 0.29) is 22.2 Å². The summed E-state index contributed by atoms with van der Waals surface area (Å²) in [6.07, 6.45) is 3.52. The van der Waals surface area contributed by atoms with Crippen LogP contribution in [0.1, 0.15) is 15.9 Å². The van der Waals surface area contributed by atoms with Gasteiger partial charge in [-0.25, -0.2) is 0 Å². The van der Waals surface area contributed by atoms with Crippen molar-refractivity contribution < 1.29 is 9.72 Å². The van der Waals surface area contributed by atoms with Gasteiger partial charge >= 0.3 is 0 Å². The molecule has 0 aliphatic carbocycles. The van der Waals surface area contributed by atoms with Crippen LogP contribution in [-0.2, 0) is 6.54 Å². The first-order valence-corrected chi connectivity index (χ1v) is 8.27. The highest BCUT2D eigenvalue weighted by molar-refractivity contribution is 6.31. The number of pyridine rings is 1. The number of halogens is 1. The quantitative estimate of drug-likeness (QED) is 0.618. The van der Waals surface area contributed by atoms with Crippen LogP contribution in [0.3, 0.4) is 0 Å². The molecule has 0 bridgehead atoms. The molecular formula is C17H17ClN4O3. The lowest BCUT2D eigenvalue weighted by Gasteiger charge is -2.34. The molecule has 7 nitrogen and oxygen atoms in total. The van der Waals surface area contributed by atoms with Crippen LogP contribution >= 0.6 is 11.6 Å². The maximum Gasteiger partial charge on any atom is 0.283 e. The number of hydrogen-bond acceptors (Lipinski definition) is 5. The van der Waals surface area contributed by atoms with Crippen LogP contribution in [-0.4, -0.2) is 51.8 Å². The number of carbonyl (C=O) groups is 1. The van der Waals surface area contributed by atoms with Crippen LogP contribution in [0.25, 0.3) is 0 Å². The van der Waals surface area contributed by atoms with E-state index >= 15 is 0 Å². The Morgan fingerprint density at radius 2 is 1.84 bits per heavy atom. The molecule has 0 N–H and O–H groups in total. The summed E-state index contributed by atoms with van der Waals surface area (Å²) in [5.74, 6) is -0.327. The Balaban J connectivity index is 1.65. The van der Waals surface area contributed by atoms with Crippen LogP contribution in [0, 0.1) is 10.1 Å². The van der Waals surface area contributed by atoms with E-state index in [1.165, 1.54) is 23.8 Å². The van der Waals surface area contributed by atoms with Crippen molar-refractivity contribution in [2.75, 3.05) is 26.2 Å². The molecule has 0 atom stereocenters. The Hall–Kier alpha value is -2.51. The van der Waals surface area contributed by atoms with Crippen molar-refractivity contribution in [3.8, 4) is 0 Å². The average Bonchev–Trinajstić information content (AvgIpc) is 2.62. The molecule has 0 radical (unpaired) electrons. The zero-order valence-electron chi connectivity index (χ0n) is 13.5. The van der Waals surface area contributed by atoms with Crippen molar-refractivity contribution in [3.63, 3.8) is 0 Å². The fourth-order valence-electron chi connectivity index (χ4n) is 2.86. The van der Waals surface area contributed by atoms with E-state index in [4.69, 9.17) is 11.6 Å². The van der Waals surface area contributed by atoms with Crippen molar-refractivity contribution in [2.45, 2.75) is 6.54 Å². The van der Waals surface area contributed by atoms with Gasteiger partial charge in [-0.05, 0) is 29.8 Å². The third kappa shape index (κ3) is 4.12. The Labute approximate surface area is 150 Å². The van der Waals surface area contributed by atoms with Gasteiger partial charge in [0.1, 0.15) is 5.56 Å². The first kappa shape index (κ1) is 17.3. The summed E-state index contributed by atoms with van der Waals surface area (Å²) >= 11 is 5.81. The number of nitrogens with zero attached hydrogens (tertiary/aromatic N) is 4. The summed E-state index contributed by atoms with van der Waals surface area (Å²) < 4.78 is 0. The molecule has 1 aromatic heterocycles. The molecule has 0 saturated carbocycles. The van der Waals surface area contributed by atoms with E-state index in [0.29, 0.717) is 13.1 Å². The minimum Gasteiger partial charge on any atom is -0.336 e. The van der Waals surface area contributed by atoms with Gasteiger partial charge < -0.3 is 4.90 Å². The lowest BCUT2D eigenvalue weighted by atomic mass is 10.1. The molecule has 2 heterocycles. The molecule has 1 amide bonds. The normalized spacial score (nSPS) is 15.2. The lowest BCUT2D eigenvalue weighted by molar-refractivity contribution is -0.385. The van der Waals surface area contributed by atoms with Crippen molar-refractivity contribution in [1.82, 2.24) is 14.8 Å². The molecule has 8 heteroatoms. The van der Waals surface area contributed by atoms with Crippen molar-refractivity contribution in [3.05, 3.63) is 69.0 Å². The summed E-state index contributed by atoms with van der Waals surface area (Å²) in [4.78, 5) is 31.2. The molecule has 0 spiro atoms. The summed E-state index contributed by atoms with van der Waals surface area (Å²) in [5, 5.41) is 11.4. The van der Waals surface area contributed by atoms with E-state index < -0.39 is 4.92 Å². The smallest absolute Gasteiger partial charge is 0.283 e. The second kappa shape index (κ2) is 7.58. The third-order valence-corrected chi connectivity index (χ3v) is 4.44. The zero-order chi connectivity index (χ0) is 17.8. The first-order chi connectivity index (χ1) is 12.0. The van der Waals surface area contributed by atoms with Gasteiger partial charge in [-0.3, -0.25) is 24.8 Å². The number of benzene rings is 1. The van der Waals surface area contributed by atoms with Crippen LogP contribution in [0.15, 0.2) is 42.7 Å². The minimum atomic E-state index is -0.571. The van der Waals surface area contributed by atoms with Crippen molar-refractivity contribution in [1.29, 1.82) is 0 Å². The van der Waals surface area contributed by atoms with E-state index in [0.717, 1.165) is 19.6 Å². The number of rotatable bonds is 4. The Morgan fingerprint density at radius 3 is 2.48 bits per heavy atom. The van der Waals surface area contributed by atoms with Gasteiger partial charge in [-0.2, -0.15) is 0 Å². The molecule has 1 saturated heterocycles. The van der Waals surface area contributed by atoms with Crippen LogP contribution < -0.4 is 0 Å². The number of piperazine rings is 1. The fourth-order valence-corrected chi connectivity index (χ4v) is 3.03. The topological polar surface area (TPSA) is 79.6 Å². The van der Waals surface area contributed by atoms with Crippen LogP contribution in [0.2, 0.25) is 5.02 Å². The molecule has 1 aromatic carbocycles. The molecule has 0 unspecified atom stereocenters. The van der Waals surface area contributed by atoms with Gasteiger partial charge in [0.05, 0.1) is 4.92 Å². The molecule has 1 aliphatic heterocycles. The molecule has 25 heavy (non-hydrogen) atoms. The van der Waals surface area contributed by atoms with E-state index in [1.807, 2.05) is 12.1 Å². The Morgan fingerprint density at radius 1 is 1.16 bits per heavy atom. The number of nitro benzene ring substituents is 1. The monoisotopic (exact) mass is 360 g/mol. The summed E-state index contributed by atoms with van der Waals surface area (Å²) in [5.41, 5.74) is 0.997. The zero-order valence-corrected chi connectivity index (χ0v) is 14.2. The SMILES string of the molecule is O=C(c1ccc(Cl)cc1[N+](=O)[O-])N1CCN(Cc2ccncc2)CC1. The van der Waals surface area contributed by atoms with E-state index in [1.54, 1.807) is 17.3 Å². The molecular weight excluding hydrogens is 344 g/mol. The third-order valence-electron chi connectivity index (χ3n) is 4.20. The summed E-state index contributed by atoms with van der Waals surface area (Å²) in [7, 11) is 0. The lowest BCUT2D eigenvalue weighted by Crippen LogP contribution is -2.48. The van der Waals surface area contributed by atoms with Crippen molar-refractivity contribution in [2.24, 2.45) is 0 Å². The highest BCUT2D eigenvalue weighted by atomic mass is 35.5. The maximum atomic E-state index is 12.7. The number of aromatic nitrogens is 1. The van der Waals surface area contributed by atoms with Crippen molar-refractivity contribution >= 4 is 23.2 Å². The molecule has 2 aromatic rings. The van der Waals surface area contributed by atoms with Crippen LogP contribution in [0.4, 0.5) is 5.69 Å².